The lowest BCUT2D eigenvalue weighted by Crippen LogP contribution is -2.14. The van der Waals surface area contributed by atoms with Crippen molar-refractivity contribution < 1.29 is 4.74 Å². The monoisotopic (exact) mass is 239 g/mol. The van der Waals surface area contributed by atoms with Gasteiger partial charge in [0.1, 0.15) is 5.75 Å². The summed E-state index contributed by atoms with van der Waals surface area (Å²) >= 11 is 0. The maximum Gasteiger partial charge on any atom is 0.118 e. The number of para-hydroxylation sites is 1. The van der Waals surface area contributed by atoms with E-state index in [4.69, 9.17) is 4.74 Å². The van der Waals surface area contributed by atoms with Crippen LogP contribution in [0.15, 0.2) is 67.4 Å². The van der Waals surface area contributed by atoms with E-state index in [0.29, 0.717) is 0 Å². The third-order valence-electron chi connectivity index (χ3n) is 2.82. The molecule has 0 aromatic heterocycles. The second kappa shape index (κ2) is 5.92. The molecule has 0 fully saturated rings. The SMILES string of the molecule is C=CN(Cc1ccc(OC)cc1)c1ccccc1. The highest BCUT2D eigenvalue weighted by Gasteiger charge is 2.03. The molecule has 18 heavy (non-hydrogen) atoms. The molecule has 2 aromatic rings. The van der Waals surface area contributed by atoms with Crippen molar-refractivity contribution >= 4 is 5.69 Å². The molecule has 0 unspecified atom stereocenters. The van der Waals surface area contributed by atoms with Crippen molar-refractivity contribution in [1.29, 1.82) is 0 Å². The Morgan fingerprint density at radius 3 is 2.28 bits per heavy atom. The quantitative estimate of drug-likeness (QED) is 0.786. The lowest BCUT2D eigenvalue weighted by molar-refractivity contribution is 0.414. The second-order valence-corrected chi connectivity index (χ2v) is 3.99. The highest BCUT2D eigenvalue weighted by Crippen LogP contribution is 2.18. The summed E-state index contributed by atoms with van der Waals surface area (Å²) in [5.74, 6) is 0.878. The summed E-state index contributed by atoms with van der Waals surface area (Å²) in [4.78, 5) is 2.11. The van der Waals surface area contributed by atoms with Crippen molar-refractivity contribution in [3.63, 3.8) is 0 Å². The summed E-state index contributed by atoms with van der Waals surface area (Å²) in [6.45, 7) is 4.67. The molecule has 92 valence electrons. The molecular weight excluding hydrogens is 222 g/mol. The van der Waals surface area contributed by atoms with Crippen LogP contribution in [0.25, 0.3) is 0 Å². The first-order valence-corrected chi connectivity index (χ1v) is 5.90. The standard InChI is InChI=1S/C16H17NO/c1-3-17(15-7-5-4-6-8-15)13-14-9-11-16(18-2)12-10-14/h3-12H,1,13H2,2H3. The van der Waals surface area contributed by atoms with E-state index in [0.717, 1.165) is 18.0 Å². The van der Waals surface area contributed by atoms with Gasteiger partial charge in [0.15, 0.2) is 0 Å². The van der Waals surface area contributed by atoms with Gasteiger partial charge in [-0.2, -0.15) is 0 Å². The lowest BCUT2D eigenvalue weighted by atomic mass is 10.2. The van der Waals surface area contributed by atoms with Crippen molar-refractivity contribution in [3.8, 4) is 5.75 Å². The second-order valence-electron chi connectivity index (χ2n) is 3.99. The average Bonchev–Trinajstić information content (AvgIpc) is 2.46. The number of ether oxygens (including phenoxy) is 1. The molecule has 0 amide bonds. The van der Waals surface area contributed by atoms with Crippen LogP contribution >= 0.6 is 0 Å². The van der Waals surface area contributed by atoms with E-state index >= 15 is 0 Å². The van der Waals surface area contributed by atoms with Gasteiger partial charge >= 0.3 is 0 Å². The molecule has 2 rings (SSSR count). The molecule has 0 N–H and O–H groups in total. The van der Waals surface area contributed by atoms with Crippen LogP contribution in [0, 0.1) is 0 Å². The summed E-state index contributed by atoms with van der Waals surface area (Å²) in [7, 11) is 1.68. The fourth-order valence-electron chi connectivity index (χ4n) is 1.81. The van der Waals surface area contributed by atoms with Gasteiger partial charge in [-0.25, -0.2) is 0 Å². The normalized spacial score (nSPS) is 9.83. The van der Waals surface area contributed by atoms with E-state index in [1.165, 1.54) is 5.56 Å². The summed E-state index contributed by atoms with van der Waals surface area (Å²) < 4.78 is 5.15. The molecule has 0 aliphatic rings. The molecule has 0 radical (unpaired) electrons. The van der Waals surface area contributed by atoms with Gasteiger partial charge in [0.2, 0.25) is 0 Å². The molecule has 0 atom stereocenters. The summed E-state index contributed by atoms with van der Waals surface area (Å²) in [6.07, 6.45) is 1.85. The molecule has 0 aliphatic heterocycles. The van der Waals surface area contributed by atoms with E-state index in [2.05, 4.69) is 35.7 Å². The Morgan fingerprint density at radius 2 is 1.72 bits per heavy atom. The van der Waals surface area contributed by atoms with E-state index < -0.39 is 0 Å². The molecule has 0 spiro atoms. The van der Waals surface area contributed by atoms with E-state index in [-0.39, 0.29) is 0 Å². The first kappa shape index (κ1) is 12.2. The molecule has 2 nitrogen and oxygen atoms in total. The Hall–Kier alpha value is -2.22. The predicted octanol–water partition coefficient (Wildman–Crippen LogP) is 3.85. The van der Waals surface area contributed by atoms with Gasteiger partial charge in [-0.05, 0) is 36.0 Å². The number of nitrogens with zero attached hydrogens (tertiary/aromatic N) is 1. The molecule has 2 heteroatoms. The van der Waals surface area contributed by atoms with E-state index in [9.17, 15) is 0 Å². The fraction of sp³-hybridized carbons (Fsp3) is 0.125. The average molecular weight is 239 g/mol. The zero-order valence-corrected chi connectivity index (χ0v) is 10.5. The van der Waals surface area contributed by atoms with Crippen LogP contribution in [-0.2, 0) is 6.54 Å². The number of rotatable bonds is 5. The zero-order valence-electron chi connectivity index (χ0n) is 10.5. The van der Waals surface area contributed by atoms with Gasteiger partial charge in [0, 0.05) is 12.2 Å². The summed E-state index contributed by atoms with van der Waals surface area (Å²) in [5.41, 5.74) is 2.36. The first-order valence-electron chi connectivity index (χ1n) is 5.90. The van der Waals surface area contributed by atoms with Gasteiger partial charge in [-0.1, -0.05) is 36.9 Å². The minimum Gasteiger partial charge on any atom is -0.497 e. The number of benzene rings is 2. The number of anilines is 1. The number of hydrogen-bond acceptors (Lipinski definition) is 2. The Kier molecular flexibility index (Phi) is 4.02. The van der Waals surface area contributed by atoms with Gasteiger partial charge in [-0.15, -0.1) is 0 Å². The Morgan fingerprint density at radius 1 is 1.06 bits per heavy atom. The molecule has 2 aromatic carbocycles. The Bertz CT molecular complexity index is 490. The smallest absolute Gasteiger partial charge is 0.118 e. The zero-order chi connectivity index (χ0) is 12.8. The van der Waals surface area contributed by atoms with Crippen molar-refractivity contribution in [3.05, 3.63) is 72.9 Å². The van der Waals surface area contributed by atoms with Crippen LogP contribution in [0.5, 0.6) is 5.75 Å². The van der Waals surface area contributed by atoms with Gasteiger partial charge in [-0.3, -0.25) is 0 Å². The number of methoxy groups -OCH3 is 1. The van der Waals surface area contributed by atoms with Crippen molar-refractivity contribution in [1.82, 2.24) is 0 Å². The van der Waals surface area contributed by atoms with Crippen LogP contribution in [0.4, 0.5) is 5.69 Å². The molecule has 0 bridgehead atoms. The lowest BCUT2D eigenvalue weighted by Gasteiger charge is -2.20. The third kappa shape index (κ3) is 2.92. The van der Waals surface area contributed by atoms with Gasteiger partial charge in [0.25, 0.3) is 0 Å². The van der Waals surface area contributed by atoms with Gasteiger partial charge < -0.3 is 9.64 Å². The van der Waals surface area contributed by atoms with Crippen LogP contribution in [-0.4, -0.2) is 7.11 Å². The van der Waals surface area contributed by atoms with Crippen molar-refractivity contribution in [2.45, 2.75) is 6.54 Å². The maximum atomic E-state index is 5.15. The topological polar surface area (TPSA) is 12.5 Å². The minimum atomic E-state index is 0.803. The molecule has 0 saturated carbocycles. The van der Waals surface area contributed by atoms with Gasteiger partial charge in [0.05, 0.1) is 7.11 Å². The highest BCUT2D eigenvalue weighted by molar-refractivity contribution is 5.49. The molecule has 0 saturated heterocycles. The maximum absolute atomic E-state index is 5.15. The highest BCUT2D eigenvalue weighted by atomic mass is 16.5. The first-order chi connectivity index (χ1) is 8.83. The predicted molar refractivity (Wildman–Crippen MR) is 75.8 cm³/mol. The fourth-order valence-corrected chi connectivity index (χ4v) is 1.81. The van der Waals surface area contributed by atoms with E-state index in [1.807, 2.05) is 36.5 Å². The molecule has 0 heterocycles. The Balaban J connectivity index is 2.13. The number of hydrogen-bond donors (Lipinski definition) is 0. The largest absolute Gasteiger partial charge is 0.497 e. The third-order valence-corrected chi connectivity index (χ3v) is 2.82. The van der Waals surface area contributed by atoms with Crippen molar-refractivity contribution in [2.24, 2.45) is 0 Å². The molecule has 0 aliphatic carbocycles. The Labute approximate surface area is 108 Å². The van der Waals surface area contributed by atoms with Crippen LogP contribution in [0.1, 0.15) is 5.56 Å². The minimum absolute atomic E-state index is 0.803. The summed E-state index contributed by atoms with van der Waals surface area (Å²) in [6, 6.07) is 18.3. The van der Waals surface area contributed by atoms with Crippen LogP contribution in [0.2, 0.25) is 0 Å². The summed E-state index contributed by atoms with van der Waals surface area (Å²) in [5, 5.41) is 0. The van der Waals surface area contributed by atoms with Crippen LogP contribution < -0.4 is 9.64 Å². The van der Waals surface area contributed by atoms with Crippen molar-refractivity contribution in [2.75, 3.05) is 12.0 Å². The molecular formula is C16H17NO. The van der Waals surface area contributed by atoms with Crippen LogP contribution in [0.3, 0.4) is 0 Å². The van der Waals surface area contributed by atoms with E-state index in [1.54, 1.807) is 7.11 Å².